The van der Waals surface area contributed by atoms with Gasteiger partial charge in [0.1, 0.15) is 16.6 Å². The Morgan fingerprint density at radius 1 is 1.33 bits per heavy atom. The van der Waals surface area contributed by atoms with Gasteiger partial charge in [-0.1, -0.05) is 29.3 Å². The fourth-order valence-electron chi connectivity index (χ4n) is 1.98. The normalized spacial score (nSPS) is 10.3. The Bertz CT molecular complexity index is 644. The maximum atomic E-state index is 12.3. The molecule has 0 spiro atoms. The van der Waals surface area contributed by atoms with Gasteiger partial charge in [-0.05, 0) is 13.0 Å². The van der Waals surface area contributed by atoms with Crippen molar-refractivity contribution in [3.05, 3.63) is 52.6 Å². The van der Waals surface area contributed by atoms with Crippen molar-refractivity contribution in [2.24, 2.45) is 0 Å². The maximum absolute atomic E-state index is 12.3. The molecule has 110 valence electrons. The standard InChI is InChI=1S/C15H16ClN3O2/c1-10-4-5-13(21-3)11(6-10)9-19(2)15(20)12-7-18-14(16)8-17-12/h4-8H,9H2,1-3H3. The number of hydrogen-bond donors (Lipinski definition) is 0. The number of hydrogen-bond acceptors (Lipinski definition) is 4. The summed E-state index contributed by atoms with van der Waals surface area (Å²) in [6.07, 6.45) is 2.73. The summed E-state index contributed by atoms with van der Waals surface area (Å²) >= 11 is 5.67. The van der Waals surface area contributed by atoms with Crippen molar-refractivity contribution < 1.29 is 9.53 Å². The number of methoxy groups -OCH3 is 1. The lowest BCUT2D eigenvalue weighted by molar-refractivity contribution is 0.0778. The lowest BCUT2D eigenvalue weighted by Crippen LogP contribution is -2.27. The lowest BCUT2D eigenvalue weighted by Gasteiger charge is -2.18. The predicted molar refractivity (Wildman–Crippen MR) is 80.6 cm³/mol. The first-order valence-corrected chi connectivity index (χ1v) is 6.75. The summed E-state index contributed by atoms with van der Waals surface area (Å²) in [5.41, 5.74) is 2.31. The van der Waals surface area contributed by atoms with Gasteiger partial charge in [-0.25, -0.2) is 9.97 Å². The molecule has 0 aliphatic carbocycles. The second-order valence-electron chi connectivity index (χ2n) is 4.70. The minimum atomic E-state index is -0.220. The van der Waals surface area contributed by atoms with Crippen molar-refractivity contribution in [2.75, 3.05) is 14.2 Å². The number of aromatic nitrogens is 2. The molecule has 1 aromatic heterocycles. The Balaban J connectivity index is 2.17. The Hall–Kier alpha value is -2.14. The van der Waals surface area contributed by atoms with E-state index in [9.17, 15) is 4.79 Å². The summed E-state index contributed by atoms with van der Waals surface area (Å²) < 4.78 is 5.32. The first-order valence-electron chi connectivity index (χ1n) is 6.38. The van der Waals surface area contributed by atoms with Crippen LogP contribution in [0.1, 0.15) is 21.6 Å². The molecule has 0 saturated heterocycles. The van der Waals surface area contributed by atoms with Crippen LogP contribution in [0.4, 0.5) is 0 Å². The minimum absolute atomic E-state index is 0.220. The van der Waals surface area contributed by atoms with Crippen molar-refractivity contribution >= 4 is 17.5 Å². The molecule has 2 rings (SSSR count). The average Bonchev–Trinajstić information content (AvgIpc) is 2.47. The van der Waals surface area contributed by atoms with Gasteiger partial charge >= 0.3 is 0 Å². The maximum Gasteiger partial charge on any atom is 0.274 e. The van der Waals surface area contributed by atoms with E-state index in [4.69, 9.17) is 16.3 Å². The third kappa shape index (κ3) is 3.70. The van der Waals surface area contributed by atoms with Crippen LogP contribution in [0.2, 0.25) is 5.15 Å². The van der Waals surface area contributed by atoms with Crippen molar-refractivity contribution in [3.63, 3.8) is 0 Å². The number of benzene rings is 1. The van der Waals surface area contributed by atoms with Crippen LogP contribution in [0.3, 0.4) is 0 Å². The highest BCUT2D eigenvalue weighted by atomic mass is 35.5. The summed E-state index contributed by atoms with van der Waals surface area (Å²) in [5, 5.41) is 0.259. The van der Waals surface area contributed by atoms with Gasteiger partial charge in [0, 0.05) is 19.2 Å². The van der Waals surface area contributed by atoms with Crippen LogP contribution < -0.4 is 4.74 Å². The monoisotopic (exact) mass is 305 g/mol. The van der Waals surface area contributed by atoms with E-state index < -0.39 is 0 Å². The molecular formula is C15H16ClN3O2. The molecule has 0 fully saturated rings. The molecule has 6 heteroatoms. The predicted octanol–water partition coefficient (Wildman–Crippen LogP) is 2.72. The molecule has 0 saturated carbocycles. The third-order valence-corrected chi connectivity index (χ3v) is 3.22. The number of carbonyl (C=O) groups excluding carboxylic acids is 1. The second-order valence-corrected chi connectivity index (χ2v) is 5.09. The largest absolute Gasteiger partial charge is 0.496 e. The molecule has 0 atom stereocenters. The topological polar surface area (TPSA) is 55.3 Å². The number of ether oxygens (including phenoxy) is 1. The van der Waals surface area contributed by atoms with Gasteiger partial charge in [0.2, 0.25) is 0 Å². The average molecular weight is 306 g/mol. The van der Waals surface area contributed by atoms with Crippen LogP contribution in [0.5, 0.6) is 5.75 Å². The van der Waals surface area contributed by atoms with Gasteiger partial charge in [0.25, 0.3) is 5.91 Å². The van der Waals surface area contributed by atoms with Crippen molar-refractivity contribution in [1.82, 2.24) is 14.9 Å². The molecular weight excluding hydrogens is 290 g/mol. The van der Waals surface area contributed by atoms with E-state index in [0.29, 0.717) is 6.54 Å². The molecule has 0 aliphatic heterocycles. The Kier molecular flexibility index (Phi) is 4.75. The summed E-state index contributed by atoms with van der Waals surface area (Å²) in [7, 11) is 3.32. The Morgan fingerprint density at radius 2 is 2.10 bits per heavy atom. The lowest BCUT2D eigenvalue weighted by atomic mass is 10.1. The smallest absolute Gasteiger partial charge is 0.274 e. The molecule has 1 heterocycles. The van der Waals surface area contributed by atoms with Crippen molar-refractivity contribution in [2.45, 2.75) is 13.5 Å². The SMILES string of the molecule is COc1ccc(C)cc1CN(C)C(=O)c1cnc(Cl)cn1. The summed E-state index contributed by atoms with van der Waals surface area (Å²) in [6, 6.07) is 5.86. The van der Waals surface area contributed by atoms with Crippen LogP contribution in [-0.2, 0) is 6.54 Å². The number of amides is 1. The summed E-state index contributed by atoms with van der Waals surface area (Å²) in [6.45, 7) is 2.42. The summed E-state index contributed by atoms with van der Waals surface area (Å²) in [5.74, 6) is 0.533. The molecule has 0 N–H and O–H groups in total. The van der Waals surface area contributed by atoms with Gasteiger partial charge in [-0.3, -0.25) is 4.79 Å². The Morgan fingerprint density at radius 3 is 2.71 bits per heavy atom. The fourth-order valence-corrected chi connectivity index (χ4v) is 2.07. The first-order chi connectivity index (χ1) is 10.0. The zero-order valence-electron chi connectivity index (χ0n) is 12.1. The van der Waals surface area contributed by atoms with Crippen LogP contribution in [0, 0.1) is 6.92 Å². The number of rotatable bonds is 4. The molecule has 5 nitrogen and oxygen atoms in total. The number of carbonyl (C=O) groups is 1. The zero-order chi connectivity index (χ0) is 15.4. The van der Waals surface area contributed by atoms with Crippen LogP contribution >= 0.6 is 11.6 Å². The van der Waals surface area contributed by atoms with Gasteiger partial charge in [0.05, 0.1) is 19.5 Å². The minimum Gasteiger partial charge on any atom is -0.496 e. The van der Waals surface area contributed by atoms with E-state index in [-0.39, 0.29) is 16.8 Å². The van der Waals surface area contributed by atoms with E-state index in [1.165, 1.54) is 12.4 Å². The molecule has 1 aromatic carbocycles. The quantitative estimate of drug-likeness (QED) is 0.871. The first kappa shape index (κ1) is 15.3. The highest BCUT2D eigenvalue weighted by Crippen LogP contribution is 2.21. The van der Waals surface area contributed by atoms with E-state index in [2.05, 4.69) is 9.97 Å². The van der Waals surface area contributed by atoms with Crippen molar-refractivity contribution in [1.29, 1.82) is 0 Å². The van der Waals surface area contributed by atoms with Gasteiger partial charge in [-0.2, -0.15) is 0 Å². The molecule has 0 aliphatic rings. The number of aryl methyl sites for hydroxylation is 1. The van der Waals surface area contributed by atoms with Crippen LogP contribution in [-0.4, -0.2) is 34.9 Å². The second kappa shape index (κ2) is 6.54. The molecule has 1 amide bonds. The fraction of sp³-hybridized carbons (Fsp3) is 0.267. The number of nitrogens with zero attached hydrogens (tertiary/aromatic N) is 3. The zero-order valence-corrected chi connectivity index (χ0v) is 12.9. The van der Waals surface area contributed by atoms with Gasteiger partial charge < -0.3 is 9.64 Å². The van der Waals surface area contributed by atoms with Gasteiger partial charge in [-0.15, -0.1) is 0 Å². The Labute approximate surface area is 128 Å². The highest BCUT2D eigenvalue weighted by molar-refractivity contribution is 6.29. The van der Waals surface area contributed by atoms with E-state index in [1.54, 1.807) is 19.1 Å². The van der Waals surface area contributed by atoms with E-state index >= 15 is 0 Å². The van der Waals surface area contributed by atoms with Crippen LogP contribution in [0.15, 0.2) is 30.6 Å². The molecule has 21 heavy (non-hydrogen) atoms. The van der Waals surface area contributed by atoms with Gasteiger partial charge in [0.15, 0.2) is 0 Å². The molecule has 0 radical (unpaired) electrons. The molecule has 0 bridgehead atoms. The highest BCUT2D eigenvalue weighted by Gasteiger charge is 2.15. The summed E-state index contributed by atoms with van der Waals surface area (Å²) in [4.78, 5) is 21.7. The van der Waals surface area contributed by atoms with E-state index in [0.717, 1.165) is 16.9 Å². The molecule has 2 aromatic rings. The van der Waals surface area contributed by atoms with Crippen LogP contribution in [0.25, 0.3) is 0 Å². The number of halogens is 1. The van der Waals surface area contributed by atoms with Crippen molar-refractivity contribution in [3.8, 4) is 5.75 Å². The molecule has 0 unspecified atom stereocenters. The third-order valence-electron chi connectivity index (χ3n) is 3.03. The van der Waals surface area contributed by atoms with E-state index in [1.807, 2.05) is 25.1 Å².